The van der Waals surface area contributed by atoms with E-state index in [0.717, 1.165) is 22.3 Å². The van der Waals surface area contributed by atoms with Crippen molar-refractivity contribution < 1.29 is 9.59 Å². The van der Waals surface area contributed by atoms with Gasteiger partial charge in [-0.15, -0.1) is 0 Å². The van der Waals surface area contributed by atoms with Crippen molar-refractivity contribution in [2.24, 2.45) is 0 Å². The van der Waals surface area contributed by atoms with Crippen LogP contribution in [0.3, 0.4) is 0 Å². The standard InChI is InChI=1S/C25H20N4O2/c1-2-6-24(30)27-20-9-5-7-17(15-20)25(31)18-10-12-21-22(28-29-23(21)16-18)13-11-19-8-3-4-14-26-19/h2-16H,1H3,(H,27,30)(H,28,29). The highest BCUT2D eigenvalue weighted by Gasteiger charge is 2.12. The van der Waals surface area contributed by atoms with Gasteiger partial charge in [0.25, 0.3) is 0 Å². The number of pyridine rings is 1. The zero-order valence-corrected chi connectivity index (χ0v) is 16.9. The van der Waals surface area contributed by atoms with Crippen LogP contribution < -0.4 is 5.32 Å². The van der Waals surface area contributed by atoms with Crippen LogP contribution in [-0.2, 0) is 4.79 Å². The van der Waals surface area contributed by atoms with Crippen molar-refractivity contribution in [3.8, 4) is 0 Å². The van der Waals surface area contributed by atoms with E-state index in [-0.39, 0.29) is 11.7 Å². The van der Waals surface area contributed by atoms with Crippen LogP contribution in [0.5, 0.6) is 0 Å². The number of amides is 1. The molecular weight excluding hydrogens is 388 g/mol. The van der Waals surface area contributed by atoms with Crippen LogP contribution in [0.2, 0.25) is 0 Å². The van der Waals surface area contributed by atoms with E-state index in [1.807, 2.05) is 36.4 Å². The van der Waals surface area contributed by atoms with E-state index >= 15 is 0 Å². The highest BCUT2D eigenvalue weighted by Crippen LogP contribution is 2.22. The number of hydrogen-bond acceptors (Lipinski definition) is 4. The summed E-state index contributed by atoms with van der Waals surface area (Å²) in [4.78, 5) is 29.0. The molecule has 0 bridgehead atoms. The predicted molar refractivity (Wildman–Crippen MR) is 123 cm³/mol. The van der Waals surface area contributed by atoms with E-state index in [0.29, 0.717) is 16.8 Å². The fourth-order valence-electron chi connectivity index (χ4n) is 3.19. The second-order valence-electron chi connectivity index (χ2n) is 6.86. The van der Waals surface area contributed by atoms with Gasteiger partial charge < -0.3 is 5.32 Å². The third-order valence-electron chi connectivity index (χ3n) is 4.66. The summed E-state index contributed by atoms with van der Waals surface area (Å²) in [6.45, 7) is 1.77. The molecule has 0 saturated heterocycles. The number of aromatic amines is 1. The molecule has 152 valence electrons. The second kappa shape index (κ2) is 9.00. The summed E-state index contributed by atoms with van der Waals surface area (Å²) in [6.07, 6.45) is 8.60. The first kappa shape index (κ1) is 20.0. The Labute approximate surface area is 179 Å². The molecule has 1 amide bonds. The zero-order valence-electron chi connectivity index (χ0n) is 16.9. The van der Waals surface area contributed by atoms with Crippen LogP contribution in [0.4, 0.5) is 5.69 Å². The van der Waals surface area contributed by atoms with Crippen molar-refractivity contribution in [3.63, 3.8) is 0 Å². The number of carbonyl (C=O) groups excluding carboxylic acids is 2. The number of allylic oxidation sites excluding steroid dienone is 1. The van der Waals surface area contributed by atoms with Gasteiger partial charge in [0.15, 0.2) is 5.78 Å². The van der Waals surface area contributed by atoms with Gasteiger partial charge in [0.05, 0.1) is 16.9 Å². The van der Waals surface area contributed by atoms with Crippen LogP contribution in [0.1, 0.15) is 34.2 Å². The van der Waals surface area contributed by atoms with Crippen LogP contribution in [0.15, 0.2) is 79.0 Å². The van der Waals surface area contributed by atoms with Gasteiger partial charge in [0.1, 0.15) is 0 Å². The summed E-state index contributed by atoms with van der Waals surface area (Å²) >= 11 is 0. The molecule has 2 aromatic heterocycles. The van der Waals surface area contributed by atoms with E-state index < -0.39 is 0 Å². The SMILES string of the molecule is CC=CC(=O)Nc1cccc(C(=O)c2ccc3c(C=Cc4ccccn4)n[nH]c3c2)c1. The summed E-state index contributed by atoms with van der Waals surface area (Å²) in [5.74, 6) is -0.374. The van der Waals surface area contributed by atoms with Crippen LogP contribution in [0, 0.1) is 0 Å². The largest absolute Gasteiger partial charge is 0.322 e. The lowest BCUT2D eigenvalue weighted by atomic mass is 10.0. The van der Waals surface area contributed by atoms with E-state index in [1.165, 1.54) is 6.08 Å². The molecule has 6 nitrogen and oxygen atoms in total. The Morgan fingerprint density at radius 3 is 2.65 bits per heavy atom. The fraction of sp³-hybridized carbons (Fsp3) is 0.0400. The second-order valence-corrected chi connectivity index (χ2v) is 6.86. The van der Waals surface area contributed by atoms with E-state index in [4.69, 9.17) is 0 Å². The van der Waals surface area contributed by atoms with Crippen molar-refractivity contribution in [3.05, 3.63) is 102 Å². The molecule has 0 aliphatic carbocycles. The summed E-state index contributed by atoms with van der Waals surface area (Å²) in [5.41, 5.74) is 3.98. The number of hydrogen-bond donors (Lipinski definition) is 2. The van der Waals surface area contributed by atoms with Gasteiger partial charge in [0.2, 0.25) is 5.91 Å². The molecule has 2 heterocycles. The maximum Gasteiger partial charge on any atom is 0.248 e. The highest BCUT2D eigenvalue weighted by atomic mass is 16.1. The van der Waals surface area contributed by atoms with Gasteiger partial charge in [-0.1, -0.05) is 30.3 Å². The Kier molecular flexibility index (Phi) is 5.80. The maximum absolute atomic E-state index is 13.0. The Morgan fingerprint density at radius 1 is 0.968 bits per heavy atom. The molecule has 0 aliphatic rings. The molecule has 6 heteroatoms. The van der Waals surface area contributed by atoms with Crippen LogP contribution in [-0.4, -0.2) is 26.9 Å². The predicted octanol–water partition coefficient (Wildman–Crippen LogP) is 4.87. The van der Waals surface area contributed by atoms with Gasteiger partial charge in [-0.05, 0) is 61.5 Å². The number of aromatic nitrogens is 3. The first-order chi connectivity index (χ1) is 15.1. The van der Waals surface area contributed by atoms with Crippen molar-refractivity contribution in [2.45, 2.75) is 6.92 Å². The Bertz CT molecular complexity index is 1300. The van der Waals surface area contributed by atoms with Gasteiger partial charge in [-0.3, -0.25) is 19.7 Å². The summed E-state index contributed by atoms with van der Waals surface area (Å²) in [6, 6.07) is 18.0. The van der Waals surface area contributed by atoms with Gasteiger partial charge >= 0.3 is 0 Å². The van der Waals surface area contributed by atoms with Gasteiger partial charge in [0, 0.05) is 28.4 Å². The smallest absolute Gasteiger partial charge is 0.248 e. The molecule has 0 saturated carbocycles. The quantitative estimate of drug-likeness (QED) is 0.352. The number of rotatable bonds is 6. The first-order valence-electron chi connectivity index (χ1n) is 9.80. The maximum atomic E-state index is 13.0. The zero-order chi connectivity index (χ0) is 21.6. The minimum absolute atomic E-state index is 0.135. The Balaban J connectivity index is 1.57. The Hall–Kier alpha value is -4.32. The molecule has 0 unspecified atom stereocenters. The minimum Gasteiger partial charge on any atom is -0.322 e. The average Bonchev–Trinajstić information content (AvgIpc) is 3.20. The van der Waals surface area contributed by atoms with Gasteiger partial charge in [-0.2, -0.15) is 5.10 Å². The number of fused-ring (bicyclic) bond motifs is 1. The lowest BCUT2D eigenvalue weighted by Gasteiger charge is -2.06. The number of nitrogens with zero attached hydrogens (tertiary/aromatic N) is 2. The van der Waals surface area contributed by atoms with Crippen LogP contribution >= 0.6 is 0 Å². The number of carbonyl (C=O) groups is 2. The van der Waals surface area contributed by atoms with E-state index in [9.17, 15) is 9.59 Å². The topological polar surface area (TPSA) is 87.7 Å². The fourth-order valence-corrected chi connectivity index (χ4v) is 3.19. The average molecular weight is 408 g/mol. The molecule has 0 atom stereocenters. The van der Waals surface area contributed by atoms with Crippen molar-refractivity contribution in [1.82, 2.24) is 15.2 Å². The molecule has 0 aliphatic heterocycles. The third-order valence-corrected chi connectivity index (χ3v) is 4.66. The summed E-state index contributed by atoms with van der Waals surface area (Å²) in [7, 11) is 0. The van der Waals surface area contributed by atoms with Crippen LogP contribution in [0.25, 0.3) is 23.1 Å². The molecule has 31 heavy (non-hydrogen) atoms. The Morgan fingerprint density at radius 2 is 1.84 bits per heavy atom. The number of ketones is 1. The number of H-pyrrole nitrogens is 1. The molecule has 0 fully saturated rings. The molecule has 2 N–H and O–H groups in total. The lowest BCUT2D eigenvalue weighted by molar-refractivity contribution is -0.111. The molecule has 4 aromatic rings. The number of benzene rings is 2. The molecular formula is C25H20N4O2. The molecule has 0 spiro atoms. The van der Waals surface area contributed by atoms with Crippen molar-refractivity contribution in [2.75, 3.05) is 5.32 Å². The molecule has 0 radical (unpaired) electrons. The monoisotopic (exact) mass is 408 g/mol. The normalized spacial score (nSPS) is 11.4. The number of nitrogens with one attached hydrogen (secondary N) is 2. The minimum atomic E-state index is -0.239. The number of anilines is 1. The summed E-state index contributed by atoms with van der Waals surface area (Å²) in [5, 5.41) is 11.0. The van der Waals surface area contributed by atoms with Crippen molar-refractivity contribution >= 4 is 40.4 Å². The summed E-state index contributed by atoms with van der Waals surface area (Å²) < 4.78 is 0. The van der Waals surface area contributed by atoms with E-state index in [1.54, 1.807) is 55.6 Å². The molecule has 4 rings (SSSR count). The third kappa shape index (κ3) is 4.64. The first-order valence-corrected chi connectivity index (χ1v) is 9.80. The van der Waals surface area contributed by atoms with Crippen molar-refractivity contribution in [1.29, 1.82) is 0 Å². The molecule has 2 aromatic carbocycles. The van der Waals surface area contributed by atoms with Gasteiger partial charge in [-0.25, -0.2) is 0 Å². The lowest BCUT2D eigenvalue weighted by Crippen LogP contribution is -2.09. The van der Waals surface area contributed by atoms with E-state index in [2.05, 4.69) is 20.5 Å². The highest BCUT2D eigenvalue weighted by molar-refractivity contribution is 6.11.